The summed E-state index contributed by atoms with van der Waals surface area (Å²) in [6.07, 6.45) is 9.56. The molecule has 0 heterocycles. The monoisotopic (exact) mass is 828 g/mol. The molecule has 0 bridgehead atoms. The van der Waals surface area contributed by atoms with E-state index in [1.165, 1.54) is 6.42 Å². The number of carbonyl (C=O) groups excluding carboxylic acids is 1. The second-order valence-electron chi connectivity index (χ2n) is 14.1. The molecule has 1 amide bonds. The van der Waals surface area contributed by atoms with Gasteiger partial charge in [0.25, 0.3) is 5.91 Å². The van der Waals surface area contributed by atoms with Gasteiger partial charge in [0, 0.05) is 30.2 Å². The van der Waals surface area contributed by atoms with Gasteiger partial charge in [-0.05, 0) is 51.4 Å². The molecule has 0 aromatic rings. The van der Waals surface area contributed by atoms with E-state index in [0.717, 1.165) is 51.4 Å². The van der Waals surface area contributed by atoms with Crippen molar-refractivity contribution in [2.24, 2.45) is 22.1 Å². The highest BCUT2D eigenvalue weighted by atomic mass is 32.1. The van der Waals surface area contributed by atoms with Crippen molar-refractivity contribution in [2.45, 2.75) is 158 Å². The Morgan fingerprint density at radius 1 is 0.411 bits per heavy atom. The Bertz CT molecular complexity index is 727. The van der Waals surface area contributed by atoms with Gasteiger partial charge >= 0.3 is 0 Å². The number of hydrogen-bond acceptors (Lipinski definition) is 13. The molecule has 0 aromatic heterocycles. The molecule has 0 aromatic carbocycles. The van der Waals surface area contributed by atoms with Gasteiger partial charge in [-0.15, -0.1) is 4.36 Å². The summed E-state index contributed by atoms with van der Waals surface area (Å²) in [6.45, 7) is 25.7. The Morgan fingerprint density at radius 3 is 0.875 bits per heavy atom. The van der Waals surface area contributed by atoms with Crippen LogP contribution in [0, 0.1) is 17.8 Å². The van der Waals surface area contributed by atoms with E-state index in [1.807, 2.05) is 0 Å². The standard InChI is InChI=1S/C39H77NO12S.C3H8/c1-9-35(10-2)49-28-45-24-33(25-46-29-50-36(11-3)12-4)22-43-20-32(19-42-18-17-39(41)40-53)21-44-23-34(26-47-30-51-37(13-5)14-6)27-48-31-52-38(15-7)16-8;1-3-2/h32-38H,9-31H2,1-8H3;3H2,1-2H3. The molecule has 336 valence electrons. The molecule has 0 N–H and O–H groups in total. The minimum Gasteiger partial charge on any atom is -0.381 e. The van der Waals surface area contributed by atoms with Crippen LogP contribution >= 0.6 is 0 Å². The second-order valence-corrected chi connectivity index (χ2v) is 14.2. The number of amides is 1. The van der Waals surface area contributed by atoms with Crippen LogP contribution in [0.4, 0.5) is 0 Å². The van der Waals surface area contributed by atoms with E-state index in [2.05, 4.69) is 86.0 Å². The van der Waals surface area contributed by atoms with Crippen LogP contribution in [0.1, 0.15) is 133 Å². The summed E-state index contributed by atoms with van der Waals surface area (Å²) in [6, 6.07) is 0. The largest absolute Gasteiger partial charge is 0.381 e. The topological polar surface area (TPSA) is 131 Å². The smallest absolute Gasteiger partial charge is 0.259 e. The Balaban J connectivity index is 0. The van der Waals surface area contributed by atoms with E-state index in [4.69, 9.17) is 52.1 Å². The van der Waals surface area contributed by atoms with Crippen LogP contribution in [0.25, 0.3) is 0 Å². The van der Waals surface area contributed by atoms with Crippen LogP contribution in [-0.2, 0) is 69.3 Å². The first-order valence-corrected chi connectivity index (χ1v) is 22.0. The van der Waals surface area contributed by atoms with Crippen LogP contribution in [0.15, 0.2) is 4.36 Å². The summed E-state index contributed by atoms with van der Waals surface area (Å²) in [7, 11) is 0. The fourth-order valence-corrected chi connectivity index (χ4v) is 5.32. The minimum atomic E-state index is -0.377. The van der Waals surface area contributed by atoms with Crippen LogP contribution in [0.3, 0.4) is 0 Å². The van der Waals surface area contributed by atoms with Crippen LogP contribution in [0.5, 0.6) is 0 Å². The molecular weight excluding hydrogens is 743 g/mol. The van der Waals surface area contributed by atoms with Crippen molar-refractivity contribution < 1.29 is 56.9 Å². The van der Waals surface area contributed by atoms with Crippen molar-refractivity contribution in [1.82, 2.24) is 0 Å². The molecule has 0 aliphatic rings. The number of nitrogens with zero attached hydrogens (tertiary/aromatic N) is 1. The third-order valence-corrected chi connectivity index (χ3v) is 9.14. The van der Waals surface area contributed by atoms with Crippen molar-refractivity contribution in [2.75, 3.05) is 93.2 Å². The molecular formula is C42H85NO12S. The van der Waals surface area contributed by atoms with Crippen LogP contribution in [0.2, 0.25) is 0 Å². The van der Waals surface area contributed by atoms with Crippen molar-refractivity contribution in [3.63, 3.8) is 0 Å². The average Bonchev–Trinajstić information content (AvgIpc) is 3.21. The maximum absolute atomic E-state index is 11.6. The van der Waals surface area contributed by atoms with Gasteiger partial charge in [0.15, 0.2) is 0 Å². The summed E-state index contributed by atoms with van der Waals surface area (Å²) >= 11 is 4.50. The molecule has 14 heteroatoms. The Labute approximate surface area is 347 Å². The zero-order valence-corrected chi connectivity index (χ0v) is 38.1. The number of rotatable bonds is 41. The lowest BCUT2D eigenvalue weighted by atomic mass is 10.1. The van der Waals surface area contributed by atoms with Crippen molar-refractivity contribution >= 4 is 18.3 Å². The molecule has 56 heavy (non-hydrogen) atoms. The lowest BCUT2D eigenvalue weighted by Crippen LogP contribution is -2.29. The maximum atomic E-state index is 11.6. The zero-order chi connectivity index (χ0) is 42.1. The Kier molecular flexibility index (Phi) is 44.9. The molecule has 0 saturated heterocycles. The second kappa shape index (κ2) is 43.8. The third-order valence-electron chi connectivity index (χ3n) is 8.94. The van der Waals surface area contributed by atoms with E-state index in [1.54, 1.807) is 0 Å². The summed E-state index contributed by atoms with van der Waals surface area (Å²) in [5.74, 6) is -0.564. The molecule has 0 aliphatic heterocycles. The molecule has 0 saturated carbocycles. The van der Waals surface area contributed by atoms with Crippen molar-refractivity contribution in [3.8, 4) is 0 Å². The van der Waals surface area contributed by atoms with Gasteiger partial charge < -0.3 is 52.1 Å². The summed E-state index contributed by atoms with van der Waals surface area (Å²) in [5.41, 5.74) is 0. The van der Waals surface area contributed by atoms with Gasteiger partial charge in [0.2, 0.25) is 0 Å². The molecule has 0 atom stereocenters. The van der Waals surface area contributed by atoms with Gasteiger partial charge in [-0.3, -0.25) is 4.79 Å². The highest BCUT2D eigenvalue weighted by Gasteiger charge is 2.18. The normalized spacial score (nSPS) is 11.9. The molecule has 0 spiro atoms. The van der Waals surface area contributed by atoms with Crippen LogP contribution < -0.4 is 0 Å². The first-order valence-electron chi connectivity index (χ1n) is 21.6. The molecule has 0 aliphatic carbocycles. The highest BCUT2D eigenvalue weighted by molar-refractivity contribution is 7.47. The van der Waals surface area contributed by atoms with Crippen LogP contribution in [-0.4, -0.2) is 124 Å². The van der Waals surface area contributed by atoms with E-state index >= 15 is 0 Å². The Morgan fingerprint density at radius 2 is 0.643 bits per heavy atom. The fraction of sp³-hybridized carbons (Fsp3) is 0.976. The first-order chi connectivity index (χ1) is 27.2. The van der Waals surface area contributed by atoms with Gasteiger partial charge in [0.1, 0.15) is 27.2 Å². The predicted molar refractivity (Wildman–Crippen MR) is 223 cm³/mol. The van der Waals surface area contributed by atoms with E-state index in [-0.39, 0.29) is 88.3 Å². The molecule has 0 unspecified atom stereocenters. The quantitative estimate of drug-likeness (QED) is 0.0431. The van der Waals surface area contributed by atoms with Gasteiger partial charge in [-0.1, -0.05) is 75.7 Å². The van der Waals surface area contributed by atoms with E-state index < -0.39 is 0 Å². The third kappa shape index (κ3) is 35.2. The minimum absolute atomic E-state index is 0.0393. The summed E-state index contributed by atoms with van der Waals surface area (Å²) in [4.78, 5) is 11.6. The van der Waals surface area contributed by atoms with Gasteiger partial charge in [-0.25, -0.2) is 0 Å². The Hall–Kier alpha value is -0.750. The summed E-state index contributed by atoms with van der Waals surface area (Å²) in [5, 5.41) is 0. The van der Waals surface area contributed by atoms with Crippen molar-refractivity contribution in [3.05, 3.63) is 0 Å². The average molecular weight is 828 g/mol. The lowest BCUT2D eigenvalue weighted by Gasteiger charge is -2.23. The first kappa shape index (κ1) is 57.3. The predicted octanol–water partition coefficient (Wildman–Crippen LogP) is 8.67. The summed E-state index contributed by atoms with van der Waals surface area (Å²) < 4.78 is 68.4. The number of hydrogen-bond donors (Lipinski definition) is 0. The number of ether oxygens (including phenoxy) is 11. The van der Waals surface area contributed by atoms with E-state index in [0.29, 0.717) is 59.5 Å². The molecule has 0 radical (unpaired) electrons. The van der Waals surface area contributed by atoms with Gasteiger partial charge in [-0.2, -0.15) is 0 Å². The highest BCUT2D eigenvalue weighted by Crippen LogP contribution is 2.11. The zero-order valence-electron chi connectivity index (χ0n) is 37.3. The van der Waals surface area contributed by atoms with Crippen molar-refractivity contribution in [1.29, 1.82) is 0 Å². The lowest BCUT2D eigenvalue weighted by molar-refractivity contribution is -0.134. The maximum Gasteiger partial charge on any atom is 0.259 e. The molecule has 13 nitrogen and oxygen atoms in total. The van der Waals surface area contributed by atoms with Gasteiger partial charge in [0.05, 0.1) is 96.9 Å². The number of carbonyl (C=O) groups is 1. The molecule has 0 rings (SSSR count). The SMILES string of the molecule is CCC.CCC(CC)OCOCC(COCOC(CC)CC)COCC(COCCC(=O)N=S)COCC(COCOC(CC)CC)COCOC(CC)CC. The van der Waals surface area contributed by atoms with E-state index in [9.17, 15) is 4.79 Å². The fourth-order valence-electron chi connectivity index (χ4n) is 5.22. The molecule has 0 fully saturated rings.